The van der Waals surface area contributed by atoms with Crippen LogP contribution < -0.4 is 24.3 Å². The number of ether oxygens (including phenoxy) is 5. The van der Waals surface area contributed by atoms with E-state index in [4.69, 9.17) is 23.7 Å². The molecule has 156 valence electrons. The van der Waals surface area contributed by atoms with Gasteiger partial charge in [0.2, 0.25) is 0 Å². The maximum absolute atomic E-state index is 13.7. The van der Waals surface area contributed by atoms with Crippen molar-refractivity contribution < 1.29 is 37.7 Å². The molecule has 0 aliphatic rings. The van der Waals surface area contributed by atoms with Gasteiger partial charge in [-0.05, 0) is 24.3 Å². The van der Waals surface area contributed by atoms with Crippen LogP contribution in [0, 0.1) is 5.82 Å². The number of amides is 1. The monoisotopic (exact) mass is 407 g/mol. The summed E-state index contributed by atoms with van der Waals surface area (Å²) in [7, 11) is 5.80. The molecular formula is C20H22FNO7. The Kier molecular flexibility index (Phi) is 7.64. The van der Waals surface area contributed by atoms with Gasteiger partial charge in [-0.15, -0.1) is 0 Å². The van der Waals surface area contributed by atoms with Crippen LogP contribution in [0.3, 0.4) is 0 Å². The van der Waals surface area contributed by atoms with Gasteiger partial charge in [0.05, 0.1) is 34.0 Å². The predicted molar refractivity (Wildman–Crippen MR) is 101 cm³/mol. The van der Waals surface area contributed by atoms with Crippen LogP contribution in [-0.4, -0.2) is 46.9 Å². The molecule has 0 aliphatic carbocycles. The van der Waals surface area contributed by atoms with Gasteiger partial charge in [0.25, 0.3) is 5.91 Å². The van der Waals surface area contributed by atoms with Gasteiger partial charge in [-0.2, -0.15) is 0 Å². The largest absolute Gasteiger partial charge is 0.496 e. The van der Waals surface area contributed by atoms with E-state index in [0.717, 1.165) is 6.07 Å². The Morgan fingerprint density at radius 2 is 1.48 bits per heavy atom. The van der Waals surface area contributed by atoms with Crippen molar-refractivity contribution in [1.29, 1.82) is 0 Å². The summed E-state index contributed by atoms with van der Waals surface area (Å²) in [5, 5.41) is 2.61. The molecule has 0 heterocycles. The van der Waals surface area contributed by atoms with Crippen molar-refractivity contribution in [3.05, 3.63) is 47.3 Å². The van der Waals surface area contributed by atoms with Crippen LogP contribution in [0.5, 0.6) is 23.0 Å². The minimum absolute atomic E-state index is 0.00293. The third kappa shape index (κ3) is 5.50. The molecule has 0 saturated heterocycles. The van der Waals surface area contributed by atoms with Gasteiger partial charge in [0.15, 0.2) is 29.7 Å². The lowest BCUT2D eigenvalue weighted by Gasteiger charge is -2.14. The highest BCUT2D eigenvalue weighted by Crippen LogP contribution is 2.34. The van der Waals surface area contributed by atoms with E-state index in [1.165, 1.54) is 40.6 Å². The van der Waals surface area contributed by atoms with Crippen molar-refractivity contribution in [2.24, 2.45) is 0 Å². The molecule has 0 fully saturated rings. The lowest BCUT2D eigenvalue weighted by atomic mass is 10.1. The lowest BCUT2D eigenvalue weighted by Crippen LogP contribution is -2.28. The lowest BCUT2D eigenvalue weighted by molar-refractivity contribution is -0.124. The first kappa shape index (κ1) is 21.8. The van der Waals surface area contributed by atoms with Crippen LogP contribution in [0.1, 0.15) is 15.9 Å². The minimum Gasteiger partial charge on any atom is -0.496 e. The van der Waals surface area contributed by atoms with E-state index in [-0.39, 0.29) is 17.9 Å². The highest BCUT2D eigenvalue weighted by atomic mass is 19.1. The van der Waals surface area contributed by atoms with Crippen LogP contribution >= 0.6 is 0 Å². The van der Waals surface area contributed by atoms with Gasteiger partial charge in [0, 0.05) is 18.2 Å². The number of methoxy groups -OCH3 is 4. The average Bonchev–Trinajstić information content (AvgIpc) is 2.74. The number of hydrogen-bond donors (Lipinski definition) is 1. The Morgan fingerprint density at radius 3 is 2.07 bits per heavy atom. The molecule has 1 N–H and O–H groups in total. The Balaban J connectivity index is 1.94. The van der Waals surface area contributed by atoms with Gasteiger partial charge >= 0.3 is 5.97 Å². The molecular weight excluding hydrogens is 385 g/mol. The third-order valence-corrected chi connectivity index (χ3v) is 3.98. The summed E-state index contributed by atoms with van der Waals surface area (Å²) in [6.45, 7) is -0.417. The Hall–Kier alpha value is -3.49. The zero-order valence-electron chi connectivity index (χ0n) is 16.5. The van der Waals surface area contributed by atoms with E-state index in [9.17, 15) is 14.0 Å². The standard InChI is InChI=1S/C20H22FNO7/c1-25-15-6-5-12(7-14(15)21)20(24)29-11-19(23)22-10-13-8-17(27-3)18(28-4)9-16(13)26-2/h5-9H,10-11H2,1-4H3,(H,22,23). The summed E-state index contributed by atoms with van der Waals surface area (Å²) < 4.78 is 39.1. The van der Waals surface area contributed by atoms with Crippen LogP contribution in [0.25, 0.3) is 0 Å². The van der Waals surface area contributed by atoms with E-state index in [2.05, 4.69) is 5.32 Å². The molecule has 2 aromatic carbocycles. The second-order valence-corrected chi connectivity index (χ2v) is 5.72. The first-order chi connectivity index (χ1) is 13.9. The fourth-order valence-electron chi connectivity index (χ4n) is 2.48. The summed E-state index contributed by atoms with van der Waals surface area (Å²) in [6, 6.07) is 6.93. The molecule has 0 aromatic heterocycles. The van der Waals surface area contributed by atoms with Gasteiger partial charge in [0.1, 0.15) is 5.75 Å². The van der Waals surface area contributed by atoms with Gasteiger partial charge in [-0.1, -0.05) is 0 Å². The fourth-order valence-corrected chi connectivity index (χ4v) is 2.48. The molecule has 0 atom stereocenters. The zero-order chi connectivity index (χ0) is 21.4. The van der Waals surface area contributed by atoms with E-state index in [0.29, 0.717) is 22.8 Å². The van der Waals surface area contributed by atoms with Crippen molar-refractivity contribution in [3.8, 4) is 23.0 Å². The third-order valence-electron chi connectivity index (χ3n) is 3.98. The predicted octanol–water partition coefficient (Wildman–Crippen LogP) is 2.33. The Labute approximate surface area is 167 Å². The highest BCUT2D eigenvalue weighted by molar-refractivity contribution is 5.91. The maximum atomic E-state index is 13.7. The van der Waals surface area contributed by atoms with Crippen molar-refractivity contribution in [1.82, 2.24) is 5.32 Å². The Bertz CT molecular complexity index is 885. The highest BCUT2D eigenvalue weighted by Gasteiger charge is 2.15. The molecule has 0 spiro atoms. The van der Waals surface area contributed by atoms with E-state index in [1.54, 1.807) is 12.1 Å². The summed E-state index contributed by atoms with van der Waals surface area (Å²) >= 11 is 0. The summed E-state index contributed by atoms with van der Waals surface area (Å²) in [4.78, 5) is 24.0. The molecule has 0 bridgehead atoms. The number of carbonyl (C=O) groups is 2. The first-order valence-corrected chi connectivity index (χ1v) is 8.49. The topological polar surface area (TPSA) is 92.3 Å². The van der Waals surface area contributed by atoms with Crippen LogP contribution in [0.15, 0.2) is 30.3 Å². The summed E-state index contributed by atoms with van der Waals surface area (Å²) in [5.41, 5.74) is 0.611. The molecule has 9 heteroatoms. The number of hydrogen-bond acceptors (Lipinski definition) is 7. The number of benzene rings is 2. The smallest absolute Gasteiger partial charge is 0.338 e. The van der Waals surface area contributed by atoms with Crippen molar-refractivity contribution in [2.75, 3.05) is 35.0 Å². The van der Waals surface area contributed by atoms with Gasteiger partial charge in [-0.25, -0.2) is 9.18 Å². The molecule has 0 radical (unpaired) electrons. The number of rotatable bonds is 9. The number of esters is 1. The fraction of sp³-hybridized carbons (Fsp3) is 0.300. The minimum atomic E-state index is -0.828. The van der Waals surface area contributed by atoms with Gasteiger partial charge in [-0.3, -0.25) is 4.79 Å². The molecule has 8 nitrogen and oxygen atoms in total. The molecule has 1 amide bonds. The summed E-state index contributed by atoms with van der Waals surface area (Å²) in [5.74, 6) is -0.607. The molecule has 0 saturated carbocycles. The second kappa shape index (κ2) is 10.2. The molecule has 0 unspecified atom stereocenters. The van der Waals surface area contributed by atoms with Gasteiger partial charge < -0.3 is 29.0 Å². The van der Waals surface area contributed by atoms with Crippen LogP contribution in [0.2, 0.25) is 0 Å². The molecule has 0 aliphatic heterocycles. The second-order valence-electron chi connectivity index (χ2n) is 5.72. The van der Waals surface area contributed by atoms with Crippen molar-refractivity contribution >= 4 is 11.9 Å². The Morgan fingerprint density at radius 1 is 0.862 bits per heavy atom. The van der Waals surface area contributed by atoms with Crippen molar-refractivity contribution in [2.45, 2.75) is 6.54 Å². The van der Waals surface area contributed by atoms with Crippen molar-refractivity contribution in [3.63, 3.8) is 0 Å². The number of carbonyl (C=O) groups excluding carboxylic acids is 2. The summed E-state index contributed by atoms with van der Waals surface area (Å²) in [6.07, 6.45) is 0. The van der Waals surface area contributed by atoms with E-state index < -0.39 is 24.3 Å². The van der Waals surface area contributed by atoms with E-state index in [1.807, 2.05) is 0 Å². The van der Waals surface area contributed by atoms with E-state index >= 15 is 0 Å². The normalized spacial score (nSPS) is 10.1. The average molecular weight is 407 g/mol. The quantitative estimate of drug-likeness (QED) is 0.638. The number of nitrogens with one attached hydrogen (secondary N) is 1. The SMILES string of the molecule is COc1ccc(C(=O)OCC(=O)NCc2cc(OC)c(OC)cc2OC)cc1F. The molecule has 2 rings (SSSR count). The number of halogens is 1. The maximum Gasteiger partial charge on any atom is 0.338 e. The zero-order valence-corrected chi connectivity index (χ0v) is 16.5. The molecule has 2 aromatic rings. The first-order valence-electron chi connectivity index (χ1n) is 8.49. The van der Waals surface area contributed by atoms with Crippen LogP contribution in [-0.2, 0) is 16.1 Å². The molecule has 29 heavy (non-hydrogen) atoms. The van der Waals surface area contributed by atoms with Crippen LogP contribution in [0.4, 0.5) is 4.39 Å².